The van der Waals surface area contributed by atoms with Gasteiger partial charge in [0.25, 0.3) is 0 Å². The highest BCUT2D eigenvalue weighted by Gasteiger charge is 2.37. The number of nitrogens with zero attached hydrogens (tertiary/aromatic N) is 3. The smallest absolute Gasteiger partial charge is 0.197 e. The van der Waals surface area contributed by atoms with Crippen LogP contribution in [0.5, 0.6) is 23.0 Å². The molecule has 34 heavy (non-hydrogen) atoms. The molecule has 2 aromatic carbocycles. The number of para-hydroxylation sites is 1. The molecule has 0 unspecified atom stereocenters. The summed E-state index contributed by atoms with van der Waals surface area (Å²) in [6, 6.07) is 10.7. The van der Waals surface area contributed by atoms with Gasteiger partial charge in [0.1, 0.15) is 17.3 Å². The molecule has 1 aromatic heterocycles. The van der Waals surface area contributed by atoms with Crippen LogP contribution in [0, 0.1) is 0 Å². The van der Waals surface area contributed by atoms with Gasteiger partial charge in [0, 0.05) is 19.2 Å². The average Bonchev–Trinajstić information content (AvgIpc) is 3.02. The third-order valence-corrected chi connectivity index (χ3v) is 5.91. The van der Waals surface area contributed by atoms with Gasteiger partial charge in [0.15, 0.2) is 28.8 Å². The van der Waals surface area contributed by atoms with E-state index in [0.29, 0.717) is 23.8 Å². The van der Waals surface area contributed by atoms with Crippen LogP contribution in [0.4, 0.5) is 17.2 Å². The first-order valence-electron chi connectivity index (χ1n) is 10.6. The second-order valence-corrected chi connectivity index (χ2v) is 8.00. The molecule has 5 rings (SSSR count). The van der Waals surface area contributed by atoms with E-state index in [1.54, 1.807) is 47.3 Å². The molecule has 0 amide bonds. The number of likely N-dealkylation sites (N-methyl/N-ethyl adjacent to an activating group) is 1. The number of allylic oxidation sites excluding steroid dienone is 2. The Balaban J connectivity index is 1.73. The Bertz CT molecular complexity index is 1350. The van der Waals surface area contributed by atoms with Gasteiger partial charge < -0.3 is 29.9 Å². The van der Waals surface area contributed by atoms with Gasteiger partial charge in [-0.15, -0.1) is 0 Å². The monoisotopic (exact) mass is 459 g/mol. The Hall–Kier alpha value is -4.37. The number of hydrogen-bond donors (Lipinski definition) is 3. The highest BCUT2D eigenvalue weighted by Crippen LogP contribution is 2.55. The predicted molar refractivity (Wildman–Crippen MR) is 125 cm³/mol. The van der Waals surface area contributed by atoms with Crippen molar-refractivity contribution < 1.29 is 29.6 Å². The van der Waals surface area contributed by atoms with Crippen LogP contribution in [0.15, 0.2) is 54.7 Å². The minimum absolute atomic E-state index is 0.0208. The summed E-state index contributed by atoms with van der Waals surface area (Å²) in [5, 5.41) is 31.5. The van der Waals surface area contributed by atoms with Crippen LogP contribution >= 0.6 is 0 Å². The molecule has 2 aliphatic rings. The Morgan fingerprint density at radius 3 is 2.41 bits per heavy atom. The van der Waals surface area contributed by atoms with E-state index in [0.717, 1.165) is 17.7 Å². The molecule has 0 fully saturated rings. The molecule has 0 spiro atoms. The maximum atomic E-state index is 12.6. The predicted octanol–water partition coefficient (Wildman–Crippen LogP) is 3.30. The van der Waals surface area contributed by atoms with Crippen molar-refractivity contribution in [3.63, 3.8) is 0 Å². The second-order valence-electron chi connectivity index (χ2n) is 8.00. The number of aromatic hydroxyl groups is 2. The Morgan fingerprint density at radius 1 is 1.03 bits per heavy atom. The van der Waals surface area contributed by atoms with E-state index >= 15 is 0 Å². The fourth-order valence-corrected chi connectivity index (χ4v) is 4.18. The van der Waals surface area contributed by atoms with Crippen molar-refractivity contribution in [2.45, 2.75) is 6.54 Å². The van der Waals surface area contributed by atoms with Gasteiger partial charge in [-0.2, -0.15) is 0 Å². The van der Waals surface area contributed by atoms with E-state index in [1.165, 1.54) is 0 Å². The number of pyridine rings is 1. The summed E-state index contributed by atoms with van der Waals surface area (Å²) in [6.07, 6.45) is 3.72. The van der Waals surface area contributed by atoms with E-state index in [2.05, 4.69) is 4.98 Å². The third-order valence-electron chi connectivity index (χ3n) is 5.91. The van der Waals surface area contributed by atoms with Gasteiger partial charge >= 0.3 is 0 Å². The van der Waals surface area contributed by atoms with Gasteiger partial charge in [0.2, 0.25) is 0 Å². The number of carbonyl (C=O) groups excluding carboxylic acids is 2. The molecule has 2 heterocycles. The average molecular weight is 459 g/mol. The Morgan fingerprint density at radius 2 is 1.74 bits per heavy atom. The standard InChI is InChI=1S/C25H21N3O6/c1-27(10-11-29)19-9-6-15(12-26-19)28-13-14-4-2-3-5-18(14)34-25-22(28)23(32)20-16(30)7-8-17(31)21(20)24(25)33/h2-9,12,29,32-33H,10-11,13H2,1H3. The number of benzene rings is 2. The minimum atomic E-state index is -0.601. The number of fused-ring (bicyclic) bond motifs is 3. The van der Waals surface area contributed by atoms with Gasteiger partial charge in [-0.25, -0.2) is 4.98 Å². The molecule has 9 heteroatoms. The lowest BCUT2D eigenvalue weighted by Gasteiger charge is -2.27. The summed E-state index contributed by atoms with van der Waals surface area (Å²) in [7, 11) is 1.80. The number of phenolic OH excluding ortho intramolecular Hbond substituents is 2. The molecule has 0 saturated heterocycles. The van der Waals surface area contributed by atoms with E-state index in [-0.39, 0.29) is 35.7 Å². The van der Waals surface area contributed by atoms with Crippen LogP contribution in [0.2, 0.25) is 0 Å². The Labute approximate surface area is 194 Å². The molecule has 0 bridgehead atoms. The van der Waals surface area contributed by atoms with Gasteiger partial charge in [0.05, 0.1) is 36.2 Å². The number of anilines is 3. The molecule has 1 aliphatic carbocycles. The van der Waals surface area contributed by atoms with E-state index in [1.807, 2.05) is 12.1 Å². The second kappa shape index (κ2) is 8.20. The van der Waals surface area contributed by atoms with Crippen molar-refractivity contribution in [3.05, 3.63) is 71.4 Å². The van der Waals surface area contributed by atoms with Crippen LogP contribution < -0.4 is 14.5 Å². The summed E-state index contributed by atoms with van der Waals surface area (Å²) in [6.45, 7) is 0.623. The van der Waals surface area contributed by atoms with Crippen molar-refractivity contribution in [1.29, 1.82) is 0 Å². The number of aliphatic hydroxyl groups excluding tert-OH is 1. The van der Waals surface area contributed by atoms with Gasteiger partial charge in [-0.05, 0) is 30.4 Å². The largest absolute Gasteiger partial charge is 0.505 e. The molecular formula is C25H21N3O6. The lowest BCUT2D eigenvalue weighted by molar-refractivity contribution is 0.0989. The molecule has 1 aliphatic heterocycles. The lowest BCUT2D eigenvalue weighted by Crippen LogP contribution is -2.23. The van der Waals surface area contributed by atoms with Crippen molar-refractivity contribution >= 4 is 28.8 Å². The molecule has 3 aromatic rings. The number of rotatable bonds is 4. The number of hydrogen-bond acceptors (Lipinski definition) is 9. The minimum Gasteiger partial charge on any atom is -0.505 e. The number of carbonyl (C=O) groups is 2. The first-order valence-corrected chi connectivity index (χ1v) is 10.6. The highest BCUT2D eigenvalue weighted by atomic mass is 16.5. The normalized spacial score (nSPS) is 14.1. The van der Waals surface area contributed by atoms with Gasteiger partial charge in [-0.1, -0.05) is 18.2 Å². The molecule has 0 saturated carbocycles. The summed E-state index contributed by atoms with van der Waals surface area (Å²) in [4.78, 5) is 33.0. The fraction of sp³-hybridized carbons (Fsp3) is 0.160. The molecule has 0 radical (unpaired) electrons. The quantitative estimate of drug-likeness (QED) is 0.504. The number of ether oxygens (including phenoxy) is 1. The van der Waals surface area contributed by atoms with Crippen LogP contribution in [0.3, 0.4) is 0 Å². The number of ketones is 2. The van der Waals surface area contributed by atoms with Crippen LogP contribution in [0.25, 0.3) is 0 Å². The van der Waals surface area contributed by atoms with Gasteiger partial charge in [-0.3, -0.25) is 9.59 Å². The zero-order chi connectivity index (χ0) is 24.0. The maximum absolute atomic E-state index is 12.6. The van der Waals surface area contributed by atoms with E-state index in [9.17, 15) is 24.9 Å². The number of aliphatic hydroxyl groups is 1. The number of phenols is 2. The van der Waals surface area contributed by atoms with Crippen LogP contribution in [-0.4, -0.2) is 52.1 Å². The fourth-order valence-electron chi connectivity index (χ4n) is 4.18. The zero-order valence-corrected chi connectivity index (χ0v) is 18.2. The topological polar surface area (TPSA) is 123 Å². The van der Waals surface area contributed by atoms with Crippen molar-refractivity contribution in [3.8, 4) is 23.0 Å². The highest BCUT2D eigenvalue weighted by molar-refractivity contribution is 6.25. The molecule has 172 valence electrons. The number of aromatic nitrogens is 1. The van der Waals surface area contributed by atoms with Crippen molar-refractivity contribution in [2.24, 2.45) is 0 Å². The van der Waals surface area contributed by atoms with Crippen molar-refractivity contribution in [2.75, 3.05) is 30.0 Å². The lowest BCUT2D eigenvalue weighted by atomic mass is 9.91. The summed E-state index contributed by atoms with van der Waals surface area (Å²) in [5.41, 5.74) is 0.815. The molecule has 3 N–H and O–H groups in total. The first kappa shape index (κ1) is 21.5. The van der Waals surface area contributed by atoms with Crippen LogP contribution in [-0.2, 0) is 6.54 Å². The Kier molecular flexibility index (Phi) is 5.18. The third kappa shape index (κ3) is 3.34. The molecular weight excluding hydrogens is 438 g/mol. The van der Waals surface area contributed by atoms with E-state index in [4.69, 9.17) is 4.74 Å². The summed E-state index contributed by atoms with van der Waals surface area (Å²) < 4.78 is 6.01. The van der Waals surface area contributed by atoms with E-state index < -0.39 is 23.1 Å². The first-order chi connectivity index (χ1) is 16.4. The van der Waals surface area contributed by atoms with Crippen molar-refractivity contribution in [1.82, 2.24) is 4.98 Å². The maximum Gasteiger partial charge on any atom is 0.197 e. The zero-order valence-electron chi connectivity index (χ0n) is 18.2. The SMILES string of the molecule is CN(CCO)c1ccc(N2Cc3ccccc3Oc3c(O)c4c(c(O)c32)C(=O)C=CC4=O)cn1. The molecule has 9 nitrogen and oxygen atoms in total. The van der Waals surface area contributed by atoms with Crippen LogP contribution in [0.1, 0.15) is 26.3 Å². The summed E-state index contributed by atoms with van der Waals surface area (Å²) in [5.74, 6) is -1.22. The molecule has 0 atom stereocenters. The summed E-state index contributed by atoms with van der Waals surface area (Å²) >= 11 is 0.